The maximum Gasteiger partial charge on any atom is 0.198 e. The van der Waals surface area contributed by atoms with E-state index in [1.165, 1.54) is 12.1 Å². The molecule has 1 saturated heterocycles. The highest BCUT2D eigenvalue weighted by atomic mass is 19.1. The van der Waals surface area contributed by atoms with Gasteiger partial charge in [0.05, 0.1) is 33.9 Å². The Morgan fingerprint density at radius 3 is 1.81 bits per heavy atom. The lowest BCUT2D eigenvalue weighted by Crippen LogP contribution is -2.28. The van der Waals surface area contributed by atoms with Crippen molar-refractivity contribution in [1.29, 1.82) is 0 Å². The lowest BCUT2D eigenvalue weighted by Gasteiger charge is -2.24. The molecule has 0 atom stereocenters. The summed E-state index contributed by atoms with van der Waals surface area (Å²) in [5.41, 5.74) is 4.76. The van der Waals surface area contributed by atoms with Gasteiger partial charge in [-0.15, -0.1) is 0 Å². The van der Waals surface area contributed by atoms with Gasteiger partial charge < -0.3 is 40.5 Å². The minimum atomic E-state index is -0.340. The van der Waals surface area contributed by atoms with Crippen LogP contribution in [0.2, 0.25) is 0 Å². The number of para-hydroxylation sites is 2. The van der Waals surface area contributed by atoms with E-state index >= 15 is 0 Å². The van der Waals surface area contributed by atoms with Crippen molar-refractivity contribution < 1.29 is 23.7 Å². The number of fused-ring (bicyclic) bond motifs is 2. The van der Waals surface area contributed by atoms with E-state index in [1.54, 1.807) is 36.7 Å². The zero-order chi connectivity index (χ0) is 36.5. The quantitative estimate of drug-likeness (QED) is 0.0591. The summed E-state index contributed by atoms with van der Waals surface area (Å²) >= 11 is 0. The molecule has 6 aromatic rings. The number of aliphatic imine (C=N–C) groups is 2. The monoisotopic (exact) mass is 707 g/mol. The van der Waals surface area contributed by atoms with Crippen molar-refractivity contribution in [3.8, 4) is 11.8 Å². The summed E-state index contributed by atoms with van der Waals surface area (Å²) in [4.78, 5) is 16.5. The Labute approximate surface area is 300 Å². The van der Waals surface area contributed by atoms with Crippen LogP contribution in [0.4, 0.5) is 31.5 Å². The Hall–Kier alpha value is -5.72. The van der Waals surface area contributed by atoms with E-state index in [-0.39, 0.29) is 29.4 Å². The van der Waals surface area contributed by atoms with Crippen molar-refractivity contribution in [3.05, 3.63) is 108 Å². The number of nitrogens with zero attached hydrogens (tertiary/aromatic N) is 3. The van der Waals surface area contributed by atoms with Crippen molar-refractivity contribution in [2.45, 2.75) is 25.3 Å². The number of anilines is 2. The number of H-pyrrole nitrogens is 2. The second-order valence-corrected chi connectivity index (χ2v) is 12.8. The molecule has 0 bridgehead atoms. The zero-order valence-electron chi connectivity index (χ0n) is 29.2. The predicted octanol–water partition coefficient (Wildman–Crippen LogP) is 8.48. The van der Waals surface area contributed by atoms with Crippen LogP contribution in [-0.2, 0) is 4.74 Å². The minimum Gasteiger partial charge on any atom is -0.494 e. The van der Waals surface area contributed by atoms with Crippen molar-refractivity contribution in [2.75, 3.05) is 51.0 Å². The van der Waals surface area contributed by atoms with E-state index in [0.717, 1.165) is 47.6 Å². The third-order valence-corrected chi connectivity index (χ3v) is 8.72. The number of hydrogen-bond donors (Lipinski definition) is 6. The number of benzene rings is 4. The van der Waals surface area contributed by atoms with Crippen LogP contribution in [0, 0.1) is 11.6 Å². The van der Waals surface area contributed by atoms with Gasteiger partial charge in [0, 0.05) is 72.2 Å². The van der Waals surface area contributed by atoms with E-state index < -0.39 is 0 Å². The van der Waals surface area contributed by atoms with Crippen LogP contribution in [0.3, 0.4) is 0 Å². The molecule has 10 nitrogen and oxygen atoms in total. The fraction of sp³-hybridized carbons (Fsp3) is 0.250. The van der Waals surface area contributed by atoms with Crippen LogP contribution >= 0.6 is 0 Å². The second-order valence-electron chi connectivity index (χ2n) is 12.8. The van der Waals surface area contributed by atoms with Gasteiger partial charge in [0.1, 0.15) is 11.6 Å². The van der Waals surface area contributed by atoms with Crippen molar-refractivity contribution in [2.24, 2.45) is 9.98 Å². The second kappa shape index (κ2) is 17.0. The van der Waals surface area contributed by atoms with E-state index in [1.807, 2.05) is 62.6 Å². The highest BCUT2D eigenvalue weighted by molar-refractivity contribution is 6.03. The molecule has 2 aromatic heterocycles. The Morgan fingerprint density at radius 1 is 0.769 bits per heavy atom. The minimum absolute atomic E-state index is 0.0493. The van der Waals surface area contributed by atoms with Gasteiger partial charge in [0.25, 0.3) is 0 Å². The summed E-state index contributed by atoms with van der Waals surface area (Å²) in [5, 5.41) is 28.2. The Bertz CT molecular complexity index is 2170. The lowest BCUT2D eigenvalue weighted by atomic mass is 10.1. The zero-order valence-corrected chi connectivity index (χ0v) is 29.2. The van der Waals surface area contributed by atoms with Gasteiger partial charge in [-0.1, -0.05) is 36.4 Å². The van der Waals surface area contributed by atoms with E-state index in [9.17, 15) is 19.0 Å². The molecule has 1 aliphatic rings. The van der Waals surface area contributed by atoms with E-state index in [2.05, 4.69) is 35.5 Å². The van der Waals surface area contributed by atoms with Gasteiger partial charge >= 0.3 is 0 Å². The maximum absolute atomic E-state index is 14.4. The summed E-state index contributed by atoms with van der Waals surface area (Å²) in [6.45, 7) is 3.07. The number of halogens is 2. The van der Waals surface area contributed by atoms with Crippen molar-refractivity contribution in [3.63, 3.8) is 0 Å². The van der Waals surface area contributed by atoms with Crippen LogP contribution < -0.4 is 10.6 Å². The molecule has 1 fully saturated rings. The van der Waals surface area contributed by atoms with Crippen LogP contribution in [-0.4, -0.2) is 84.0 Å². The van der Waals surface area contributed by atoms with Gasteiger partial charge in [0.2, 0.25) is 0 Å². The fourth-order valence-corrected chi connectivity index (χ4v) is 5.95. The first kappa shape index (κ1) is 36.1. The van der Waals surface area contributed by atoms with Crippen molar-refractivity contribution >= 4 is 57.0 Å². The summed E-state index contributed by atoms with van der Waals surface area (Å²) in [7, 11) is 4.03. The number of aromatic amines is 2. The molecule has 0 unspecified atom stereocenters. The lowest BCUT2D eigenvalue weighted by molar-refractivity contribution is 0.0904. The molecule has 0 aliphatic carbocycles. The van der Waals surface area contributed by atoms with E-state index in [0.29, 0.717) is 53.6 Å². The third kappa shape index (κ3) is 9.14. The molecule has 6 N–H and O–H groups in total. The number of rotatable bonds is 11. The molecule has 0 amide bonds. The van der Waals surface area contributed by atoms with Gasteiger partial charge in [-0.3, -0.25) is 9.98 Å². The summed E-state index contributed by atoms with van der Waals surface area (Å²) in [6, 6.07) is 25.0. The Kier molecular flexibility index (Phi) is 11.8. The first-order valence-electron chi connectivity index (χ1n) is 17.2. The highest BCUT2D eigenvalue weighted by Crippen LogP contribution is 2.29. The number of aromatic nitrogens is 2. The Balaban J connectivity index is 0.000000179. The maximum atomic E-state index is 14.4. The first-order valence-corrected chi connectivity index (χ1v) is 17.2. The molecular formula is C40H43F2N7O3. The molecule has 0 radical (unpaired) electrons. The molecule has 0 spiro atoms. The number of aromatic hydroxyl groups is 2. The van der Waals surface area contributed by atoms with Crippen LogP contribution in [0.25, 0.3) is 21.8 Å². The molecule has 0 saturated carbocycles. The topological polar surface area (TPSA) is 133 Å². The molecule has 52 heavy (non-hydrogen) atoms. The third-order valence-electron chi connectivity index (χ3n) is 8.72. The SMILES string of the molecule is CN(C)CCCNc1ccc(N=Cc2c(O)[nH]c3ccccc23)cc1F.Oc1[nH]c2ccccc2c1C=Nc1ccc(NC2CCOCC2)c(F)c1. The summed E-state index contributed by atoms with van der Waals surface area (Å²) < 4.78 is 33.9. The van der Waals surface area contributed by atoms with Crippen LogP contribution in [0.15, 0.2) is 94.9 Å². The Morgan fingerprint density at radius 2 is 1.29 bits per heavy atom. The van der Waals surface area contributed by atoms with Crippen LogP contribution in [0.5, 0.6) is 11.8 Å². The molecule has 3 heterocycles. The van der Waals surface area contributed by atoms with Crippen molar-refractivity contribution in [1.82, 2.24) is 14.9 Å². The molecule has 12 heteroatoms. The average molecular weight is 708 g/mol. The number of hydrogen-bond acceptors (Lipinski definition) is 8. The largest absolute Gasteiger partial charge is 0.494 e. The molecule has 1 aliphatic heterocycles. The van der Waals surface area contributed by atoms with Gasteiger partial charge in [-0.2, -0.15) is 0 Å². The highest BCUT2D eigenvalue weighted by Gasteiger charge is 2.15. The molecular weight excluding hydrogens is 664 g/mol. The van der Waals surface area contributed by atoms with E-state index in [4.69, 9.17) is 4.74 Å². The summed E-state index contributed by atoms with van der Waals surface area (Å²) in [6.07, 6.45) is 5.78. The first-order chi connectivity index (χ1) is 25.2. The summed E-state index contributed by atoms with van der Waals surface area (Å²) in [5.74, 6) is -0.579. The fourth-order valence-electron chi connectivity index (χ4n) is 5.95. The molecule has 270 valence electrons. The predicted molar refractivity (Wildman–Crippen MR) is 206 cm³/mol. The number of nitrogens with one attached hydrogen (secondary N) is 4. The van der Waals surface area contributed by atoms with Crippen LogP contribution in [0.1, 0.15) is 30.4 Å². The van der Waals surface area contributed by atoms with Gasteiger partial charge in [-0.25, -0.2) is 8.78 Å². The average Bonchev–Trinajstić information content (AvgIpc) is 3.64. The standard InChI is InChI=1S/C20H23FN4O.C20H20FN3O2/c1-25(2)11-5-10-22-19-9-8-14(12-17(19)21)23-13-16-15-6-3-4-7-18(15)24-20(16)26;21-17-11-14(5-6-19(17)23-13-7-9-26-10-8-13)22-12-16-15-3-1-2-4-18(15)24-20(16)25/h3-4,6-9,12-13,22,24,26H,5,10-11H2,1-2H3;1-6,11-13,23-25H,7-10H2. The molecule has 4 aromatic carbocycles. The smallest absolute Gasteiger partial charge is 0.198 e. The van der Waals surface area contributed by atoms with Gasteiger partial charge in [0.15, 0.2) is 11.8 Å². The molecule has 7 rings (SSSR count). The van der Waals surface area contributed by atoms with Gasteiger partial charge in [-0.05, 0) is 76.3 Å². The normalized spacial score (nSPS) is 13.7. The number of ether oxygens (including phenoxy) is 1.